The molecule has 124 valence electrons. The van der Waals surface area contributed by atoms with E-state index in [0.717, 1.165) is 12.1 Å². The minimum Gasteiger partial charge on any atom is -0.449 e. The van der Waals surface area contributed by atoms with Crippen molar-refractivity contribution in [2.24, 2.45) is 0 Å². The van der Waals surface area contributed by atoms with Crippen molar-refractivity contribution in [3.05, 3.63) is 59.7 Å². The molecule has 0 atom stereocenters. The van der Waals surface area contributed by atoms with E-state index in [1.165, 1.54) is 24.3 Å². The first-order valence-corrected chi connectivity index (χ1v) is 13.0. The summed E-state index contributed by atoms with van der Waals surface area (Å²) in [5, 5.41) is 0.352. The Kier molecular flexibility index (Phi) is 4.84. The number of hydrogen-bond acceptors (Lipinski definition) is 1. The van der Waals surface area contributed by atoms with Crippen LogP contribution in [0.3, 0.4) is 0 Å². The second-order valence-electron chi connectivity index (χ2n) is 6.33. The fourth-order valence-electron chi connectivity index (χ4n) is 2.69. The summed E-state index contributed by atoms with van der Waals surface area (Å²) in [7, 11) is -5.71. The van der Waals surface area contributed by atoms with Crippen LogP contribution in [-0.2, 0) is 4.12 Å². The highest BCUT2D eigenvalue weighted by atomic mass is 28.4. The average molecular weight is 358 g/mol. The normalized spacial score (nSPS) is 12.5. The maximum Gasteiger partial charge on any atom is 0.209 e. The summed E-state index contributed by atoms with van der Waals surface area (Å²) in [6.07, 6.45) is 0. The number of hydrogen-bond donors (Lipinski definition) is 0. The smallest absolute Gasteiger partial charge is 0.209 e. The van der Waals surface area contributed by atoms with Crippen LogP contribution in [0.4, 0.5) is 17.6 Å². The highest BCUT2D eigenvalue weighted by molar-refractivity contribution is 6.96. The largest absolute Gasteiger partial charge is 0.449 e. The molecule has 0 spiro atoms. The van der Waals surface area contributed by atoms with Gasteiger partial charge in [-0.1, -0.05) is 24.3 Å². The highest BCUT2D eigenvalue weighted by Gasteiger charge is 2.39. The molecule has 2 rings (SSSR count). The van der Waals surface area contributed by atoms with Crippen LogP contribution in [0.5, 0.6) is 0 Å². The van der Waals surface area contributed by atoms with Gasteiger partial charge in [-0.2, -0.15) is 0 Å². The molecule has 0 radical (unpaired) electrons. The minimum absolute atomic E-state index is 0.176. The van der Waals surface area contributed by atoms with Crippen LogP contribution in [0.15, 0.2) is 36.4 Å². The van der Waals surface area contributed by atoms with Crippen LogP contribution in [0, 0.1) is 23.3 Å². The van der Waals surface area contributed by atoms with Crippen molar-refractivity contribution in [2.75, 3.05) is 0 Å². The molecule has 0 aromatic heterocycles. The summed E-state index contributed by atoms with van der Waals surface area (Å²) in [4.78, 5) is 0. The van der Waals surface area contributed by atoms with Crippen molar-refractivity contribution in [3.8, 4) is 0 Å². The summed E-state index contributed by atoms with van der Waals surface area (Å²) in [6, 6.07) is 7.89. The second-order valence-corrected chi connectivity index (χ2v) is 14.3. The quantitative estimate of drug-likeness (QED) is 0.597. The molecule has 7 heteroatoms. The zero-order valence-corrected chi connectivity index (χ0v) is 15.4. The van der Waals surface area contributed by atoms with Gasteiger partial charge in [-0.3, -0.25) is 0 Å². The van der Waals surface area contributed by atoms with E-state index < -0.39 is 39.9 Å². The Morgan fingerprint density at radius 3 is 1.35 bits per heavy atom. The maximum atomic E-state index is 14.1. The molecule has 23 heavy (non-hydrogen) atoms. The molecule has 0 bridgehead atoms. The molecule has 0 heterocycles. The lowest BCUT2D eigenvalue weighted by atomic mass is 10.3. The van der Waals surface area contributed by atoms with Gasteiger partial charge in [-0.05, 0) is 38.3 Å². The fraction of sp³-hybridized carbons (Fsp3) is 0.250. The van der Waals surface area contributed by atoms with Crippen LogP contribution in [0.25, 0.3) is 0 Å². The minimum atomic E-state index is -2.86. The second kappa shape index (κ2) is 6.22. The Balaban J connectivity index is 2.42. The molecule has 0 N–H and O–H groups in total. The van der Waals surface area contributed by atoms with Crippen molar-refractivity contribution in [1.29, 1.82) is 0 Å². The molecule has 1 nitrogen and oxygen atoms in total. The molecular formula is C16H18F4OSi2. The predicted octanol–water partition coefficient (Wildman–Crippen LogP) is 3.78. The Labute approximate surface area is 135 Å². The molecule has 0 saturated heterocycles. The maximum absolute atomic E-state index is 14.1. The Hall–Kier alpha value is -1.45. The van der Waals surface area contributed by atoms with E-state index in [0.29, 0.717) is 0 Å². The Morgan fingerprint density at radius 2 is 1.00 bits per heavy atom. The van der Waals surface area contributed by atoms with Gasteiger partial charge in [0.15, 0.2) is 23.3 Å². The molecule has 2 aromatic carbocycles. The third kappa shape index (κ3) is 3.56. The van der Waals surface area contributed by atoms with Gasteiger partial charge in [0.2, 0.25) is 16.6 Å². The van der Waals surface area contributed by atoms with Crippen LogP contribution in [-0.4, -0.2) is 16.6 Å². The predicted molar refractivity (Wildman–Crippen MR) is 88.0 cm³/mol. The van der Waals surface area contributed by atoms with Crippen molar-refractivity contribution >= 4 is 27.0 Å². The standard InChI is InChI=1S/C16H18F4OSi2/c1-22(2,13-9-5-7-11(17)15(13)19)21-23(3,4)14-10-6-8-12(18)16(14)20/h5-10H,1-4H3. The van der Waals surface area contributed by atoms with Crippen molar-refractivity contribution in [1.82, 2.24) is 0 Å². The lowest BCUT2D eigenvalue weighted by Gasteiger charge is -2.34. The van der Waals surface area contributed by atoms with Crippen LogP contribution < -0.4 is 10.4 Å². The summed E-state index contributed by atoms with van der Waals surface area (Å²) in [5.74, 6) is -3.76. The fourth-order valence-corrected chi connectivity index (χ4v) is 11.0. The zero-order chi connectivity index (χ0) is 17.4. The van der Waals surface area contributed by atoms with Crippen molar-refractivity contribution in [2.45, 2.75) is 26.2 Å². The summed E-state index contributed by atoms with van der Waals surface area (Å²) >= 11 is 0. The lowest BCUT2D eigenvalue weighted by molar-refractivity contribution is 0.502. The van der Waals surface area contributed by atoms with Gasteiger partial charge in [0, 0.05) is 10.4 Å². The van der Waals surface area contributed by atoms with Crippen LogP contribution >= 0.6 is 0 Å². The van der Waals surface area contributed by atoms with Gasteiger partial charge in [0.25, 0.3) is 0 Å². The Bertz CT molecular complexity index is 671. The molecule has 0 aliphatic rings. The van der Waals surface area contributed by atoms with Gasteiger partial charge in [-0.25, -0.2) is 17.6 Å². The third-order valence-electron chi connectivity index (χ3n) is 3.71. The highest BCUT2D eigenvalue weighted by Crippen LogP contribution is 2.19. The van der Waals surface area contributed by atoms with Gasteiger partial charge in [0.05, 0.1) is 0 Å². The topological polar surface area (TPSA) is 9.23 Å². The molecule has 2 aromatic rings. The molecule has 0 amide bonds. The van der Waals surface area contributed by atoms with Gasteiger partial charge >= 0.3 is 0 Å². The third-order valence-corrected chi connectivity index (χ3v) is 11.2. The van der Waals surface area contributed by atoms with E-state index >= 15 is 0 Å². The molecule has 0 aliphatic heterocycles. The first kappa shape index (κ1) is 17.9. The SMILES string of the molecule is C[Si](C)(O[Si](C)(C)c1cccc(F)c1F)c1cccc(F)c1F. The first-order chi connectivity index (χ1) is 10.6. The summed E-state index contributed by atoms with van der Waals surface area (Å²) < 4.78 is 61.2. The summed E-state index contributed by atoms with van der Waals surface area (Å²) in [5.41, 5.74) is 0. The van der Waals surface area contributed by atoms with Gasteiger partial charge in [-0.15, -0.1) is 0 Å². The first-order valence-electron chi connectivity index (χ1n) is 7.15. The molecular weight excluding hydrogens is 340 g/mol. The van der Waals surface area contributed by atoms with E-state index in [1.807, 2.05) is 0 Å². The van der Waals surface area contributed by atoms with Gasteiger partial charge in [0.1, 0.15) is 0 Å². The van der Waals surface area contributed by atoms with E-state index in [4.69, 9.17) is 4.12 Å². The molecule has 0 unspecified atom stereocenters. The van der Waals surface area contributed by atoms with E-state index in [1.54, 1.807) is 26.2 Å². The molecule has 0 fully saturated rings. The van der Waals surface area contributed by atoms with Crippen LogP contribution in [0.2, 0.25) is 26.2 Å². The zero-order valence-electron chi connectivity index (χ0n) is 13.4. The number of benzene rings is 2. The monoisotopic (exact) mass is 358 g/mol. The van der Waals surface area contributed by atoms with E-state index in [2.05, 4.69) is 0 Å². The molecule has 0 aliphatic carbocycles. The van der Waals surface area contributed by atoms with Gasteiger partial charge < -0.3 is 4.12 Å². The average Bonchev–Trinajstić information content (AvgIpc) is 2.43. The van der Waals surface area contributed by atoms with Crippen LogP contribution in [0.1, 0.15) is 0 Å². The van der Waals surface area contributed by atoms with E-state index in [9.17, 15) is 17.6 Å². The lowest BCUT2D eigenvalue weighted by Crippen LogP contribution is -2.59. The summed E-state index contributed by atoms with van der Waals surface area (Å²) in [6.45, 7) is 6.88. The Morgan fingerprint density at radius 1 is 0.652 bits per heavy atom. The van der Waals surface area contributed by atoms with Crippen molar-refractivity contribution < 1.29 is 21.7 Å². The number of rotatable bonds is 4. The number of halogens is 4. The van der Waals surface area contributed by atoms with Crippen molar-refractivity contribution in [3.63, 3.8) is 0 Å². The molecule has 0 saturated carbocycles. The van der Waals surface area contributed by atoms with E-state index in [-0.39, 0.29) is 10.4 Å².